The van der Waals surface area contributed by atoms with E-state index in [4.69, 9.17) is 5.73 Å². The van der Waals surface area contributed by atoms with Crippen LogP contribution in [0.15, 0.2) is 36.4 Å². The molecule has 0 aliphatic carbocycles. The fourth-order valence-electron chi connectivity index (χ4n) is 1.76. The highest BCUT2D eigenvalue weighted by Crippen LogP contribution is 2.28. The van der Waals surface area contributed by atoms with Gasteiger partial charge in [0.2, 0.25) is 0 Å². The first-order chi connectivity index (χ1) is 7.18. The highest BCUT2D eigenvalue weighted by molar-refractivity contribution is 6.01. The molecule has 3 N–H and O–H groups in total. The summed E-state index contributed by atoms with van der Waals surface area (Å²) < 4.78 is 0. The van der Waals surface area contributed by atoms with Crippen LogP contribution in [0.25, 0.3) is 10.8 Å². The molecule has 0 aliphatic rings. The summed E-state index contributed by atoms with van der Waals surface area (Å²) in [7, 11) is 0. The Bertz CT molecular complexity index is 475. The first kappa shape index (κ1) is 9.84. The third-order valence-corrected chi connectivity index (χ3v) is 2.40. The average Bonchev–Trinajstić information content (AvgIpc) is 2.22. The van der Waals surface area contributed by atoms with E-state index in [1.165, 1.54) is 5.39 Å². The fourth-order valence-corrected chi connectivity index (χ4v) is 1.76. The van der Waals surface area contributed by atoms with Gasteiger partial charge in [0.25, 0.3) is 0 Å². The summed E-state index contributed by atoms with van der Waals surface area (Å²) in [4.78, 5) is 0. The summed E-state index contributed by atoms with van der Waals surface area (Å²) in [6.45, 7) is 4.26. The van der Waals surface area contributed by atoms with Crippen molar-refractivity contribution in [3.05, 3.63) is 36.4 Å². The van der Waals surface area contributed by atoms with Crippen molar-refractivity contribution in [1.29, 1.82) is 0 Å². The molecular formula is C13H16N2. The molecular weight excluding hydrogens is 184 g/mol. The topological polar surface area (TPSA) is 38.0 Å². The van der Waals surface area contributed by atoms with Crippen LogP contribution in [0.2, 0.25) is 0 Å². The highest BCUT2D eigenvalue weighted by atomic mass is 14.9. The lowest BCUT2D eigenvalue weighted by molar-refractivity contribution is 0.902. The molecule has 0 aliphatic heterocycles. The maximum absolute atomic E-state index is 5.93. The lowest BCUT2D eigenvalue weighted by Gasteiger charge is -2.13. The van der Waals surface area contributed by atoms with Gasteiger partial charge in [-0.15, -0.1) is 0 Å². The first-order valence-electron chi connectivity index (χ1n) is 5.22. The van der Waals surface area contributed by atoms with Crippen molar-refractivity contribution in [3.8, 4) is 0 Å². The molecule has 0 spiro atoms. The van der Waals surface area contributed by atoms with Crippen molar-refractivity contribution >= 4 is 22.1 Å². The third kappa shape index (κ3) is 1.89. The number of nitrogens with one attached hydrogen (secondary N) is 1. The Hall–Kier alpha value is -1.70. The zero-order valence-corrected chi connectivity index (χ0v) is 9.12. The number of nitrogens with two attached hydrogens (primary N) is 1. The molecule has 0 radical (unpaired) electrons. The molecule has 78 valence electrons. The molecule has 15 heavy (non-hydrogen) atoms. The van der Waals surface area contributed by atoms with Crippen molar-refractivity contribution < 1.29 is 0 Å². The van der Waals surface area contributed by atoms with Crippen molar-refractivity contribution in [2.75, 3.05) is 11.1 Å². The molecule has 0 amide bonds. The van der Waals surface area contributed by atoms with Crippen LogP contribution in [0.3, 0.4) is 0 Å². The first-order valence-corrected chi connectivity index (χ1v) is 5.22. The molecule has 0 atom stereocenters. The van der Waals surface area contributed by atoms with E-state index < -0.39 is 0 Å². The zero-order chi connectivity index (χ0) is 10.8. The van der Waals surface area contributed by atoms with Crippen LogP contribution in [0.4, 0.5) is 11.4 Å². The van der Waals surface area contributed by atoms with Crippen molar-refractivity contribution in [1.82, 2.24) is 0 Å². The fraction of sp³-hybridized carbons (Fsp3) is 0.231. The van der Waals surface area contributed by atoms with E-state index in [2.05, 4.69) is 31.3 Å². The standard InChI is InChI=1S/C13H16N2/c1-9(2)15-13-8-7-12(14)10-5-3-4-6-11(10)13/h3-9,15H,14H2,1-2H3. The Morgan fingerprint density at radius 3 is 2.33 bits per heavy atom. The van der Waals surface area contributed by atoms with Crippen molar-refractivity contribution in [2.45, 2.75) is 19.9 Å². The van der Waals surface area contributed by atoms with Gasteiger partial charge in [-0.2, -0.15) is 0 Å². The van der Waals surface area contributed by atoms with Crippen molar-refractivity contribution in [2.24, 2.45) is 0 Å². The van der Waals surface area contributed by atoms with E-state index in [1.54, 1.807) is 0 Å². The van der Waals surface area contributed by atoms with E-state index in [0.29, 0.717) is 6.04 Å². The Labute approximate surface area is 90.1 Å². The average molecular weight is 200 g/mol. The van der Waals surface area contributed by atoms with Gasteiger partial charge in [-0.05, 0) is 26.0 Å². The summed E-state index contributed by atoms with van der Waals surface area (Å²) >= 11 is 0. The minimum Gasteiger partial charge on any atom is -0.398 e. The van der Waals surface area contributed by atoms with E-state index in [1.807, 2.05) is 24.3 Å². The number of benzene rings is 2. The predicted molar refractivity (Wildman–Crippen MR) is 67.1 cm³/mol. The monoisotopic (exact) mass is 200 g/mol. The summed E-state index contributed by atoms with van der Waals surface area (Å²) in [5.41, 5.74) is 7.91. The van der Waals surface area contributed by atoms with Crippen LogP contribution in [-0.4, -0.2) is 6.04 Å². The molecule has 2 aromatic rings. The molecule has 0 heterocycles. The van der Waals surface area contributed by atoms with Crippen LogP contribution in [-0.2, 0) is 0 Å². The molecule has 0 saturated heterocycles. The molecule has 0 bridgehead atoms. The molecule has 2 aromatic carbocycles. The number of hydrogen-bond donors (Lipinski definition) is 2. The molecule has 0 unspecified atom stereocenters. The predicted octanol–water partition coefficient (Wildman–Crippen LogP) is 3.24. The van der Waals surface area contributed by atoms with E-state index >= 15 is 0 Å². The SMILES string of the molecule is CC(C)Nc1ccc(N)c2ccccc12. The highest BCUT2D eigenvalue weighted by Gasteiger charge is 2.03. The van der Waals surface area contributed by atoms with Gasteiger partial charge in [0.05, 0.1) is 0 Å². The van der Waals surface area contributed by atoms with Crippen LogP contribution in [0, 0.1) is 0 Å². The van der Waals surface area contributed by atoms with Gasteiger partial charge in [0, 0.05) is 28.2 Å². The summed E-state index contributed by atoms with van der Waals surface area (Å²) in [6.07, 6.45) is 0. The molecule has 0 aromatic heterocycles. The summed E-state index contributed by atoms with van der Waals surface area (Å²) in [5.74, 6) is 0. The lowest BCUT2D eigenvalue weighted by Crippen LogP contribution is -2.10. The maximum atomic E-state index is 5.93. The second-order valence-electron chi connectivity index (χ2n) is 4.05. The number of rotatable bonds is 2. The maximum Gasteiger partial charge on any atom is 0.0423 e. The third-order valence-electron chi connectivity index (χ3n) is 2.40. The van der Waals surface area contributed by atoms with Gasteiger partial charge in [-0.1, -0.05) is 24.3 Å². The summed E-state index contributed by atoms with van der Waals surface area (Å²) in [6, 6.07) is 12.6. The number of nitrogen functional groups attached to an aromatic ring is 1. The number of fused-ring (bicyclic) bond motifs is 1. The molecule has 0 saturated carbocycles. The Morgan fingerprint density at radius 2 is 1.67 bits per heavy atom. The molecule has 0 fully saturated rings. The Kier molecular flexibility index (Phi) is 2.50. The van der Waals surface area contributed by atoms with E-state index in [9.17, 15) is 0 Å². The van der Waals surface area contributed by atoms with Gasteiger partial charge in [0.1, 0.15) is 0 Å². The van der Waals surface area contributed by atoms with Gasteiger partial charge < -0.3 is 11.1 Å². The van der Waals surface area contributed by atoms with Gasteiger partial charge in [-0.3, -0.25) is 0 Å². The minimum atomic E-state index is 0.428. The largest absolute Gasteiger partial charge is 0.398 e. The van der Waals surface area contributed by atoms with Crippen LogP contribution in [0.5, 0.6) is 0 Å². The molecule has 2 nitrogen and oxygen atoms in total. The smallest absolute Gasteiger partial charge is 0.0423 e. The van der Waals surface area contributed by atoms with Gasteiger partial charge >= 0.3 is 0 Å². The van der Waals surface area contributed by atoms with E-state index in [0.717, 1.165) is 16.8 Å². The second kappa shape index (κ2) is 3.81. The van der Waals surface area contributed by atoms with Crippen molar-refractivity contribution in [3.63, 3.8) is 0 Å². The second-order valence-corrected chi connectivity index (χ2v) is 4.05. The summed E-state index contributed by atoms with van der Waals surface area (Å²) in [5, 5.41) is 5.72. The van der Waals surface area contributed by atoms with E-state index in [-0.39, 0.29) is 0 Å². The van der Waals surface area contributed by atoms with Crippen LogP contribution >= 0.6 is 0 Å². The van der Waals surface area contributed by atoms with Gasteiger partial charge in [0.15, 0.2) is 0 Å². The zero-order valence-electron chi connectivity index (χ0n) is 9.12. The lowest BCUT2D eigenvalue weighted by atomic mass is 10.1. The number of hydrogen-bond acceptors (Lipinski definition) is 2. The normalized spacial score (nSPS) is 10.9. The quantitative estimate of drug-likeness (QED) is 0.730. The molecule has 2 rings (SSSR count). The minimum absolute atomic E-state index is 0.428. The van der Waals surface area contributed by atoms with Crippen LogP contribution in [0.1, 0.15) is 13.8 Å². The Morgan fingerprint density at radius 1 is 1.00 bits per heavy atom. The number of anilines is 2. The Balaban J connectivity index is 2.61. The van der Waals surface area contributed by atoms with Crippen LogP contribution < -0.4 is 11.1 Å². The van der Waals surface area contributed by atoms with Gasteiger partial charge in [-0.25, -0.2) is 0 Å². The molecule has 2 heteroatoms.